The van der Waals surface area contributed by atoms with Crippen LogP contribution in [-0.2, 0) is 9.47 Å². The summed E-state index contributed by atoms with van der Waals surface area (Å²) in [6.45, 7) is 0.463. The molecular formula is C20H26O4. The van der Waals surface area contributed by atoms with Gasteiger partial charge in [-0.15, -0.1) is 0 Å². The molecule has 6 saturated carbocycles. The first kappa shape index (κ1) is 13.1. The summed E-state index contributed by atoms with van der Waals surface area (Å²) in [5, 5.41) is 21.2. The lowest BCUT2D eigenvalue weighted by atomic mass is 9.72. The van der Waals surface area contributed by atoms with Crippen LogP contribution in [0.2, 0.25) is 0 Å². The molecule has 14 unspecified atom stereocenters. The number of ether oxygens (including phenoxy) is 2. The van der Waals surface area contributed by atoms with Gasteiger partial charge in [0.1, 0.15) is 0 Å². The average Bonchev–Trinajstić information content (AvgIpc) is 3.36. The maximum atomic E-state index is 10.6. The first-order valence-corrected chi connectivity index (χ1v) is 10.3. The monoisotopic (exact) mass is 330 g/mol. The van der Waals surface area contributed by atoms with Crippen LogP contribution < -0.4 is 0 Å². The second kappa shape index (κ2) is 3.49. The molecule has 0 aromatic rings. The molecule has 130 valence electrons. The molecule has 8 aliphatic rings. The minimum absolute atomic E-state index is 0.232. The molecule has 14 atom stereocenters. The van der Waals surface area contributed by atoms with Crippen molar-refractivity contribution in [3.05, 3.63) is 0 Å². The Labute approximate surface area is 141 Å². The van der Waals surface area contributed by atoms with Gasteiger partial charge in [-0.2, -0.15) is 0 Å². The molecule has 8 rings (SSSR count). The molecule has 4 heteroatoms. The Morgan fingerprint density at radius 2 is 1.08 bits per heavy atom. The van der Waals surface area contributed by atoms with Gasteiger partial charge in [0.05, 0.1) is 36.6 Å². The molecule has 0 radical (unpaired) electrons. The number of hydrogen-bond acceptors (Lipinski definition) is 4. The Morgan fingerprint density at radius 3 is 1.50 bits per heavy atom. The van der Waals surface area contributed by atoms with Gasteiger partial charge < -0.3 is 19.7 Å². The van der Waals surface area contributed by atoms with Crippen LogP contribution in [0.25, 0.3) is 0 Å². The van der Waals surface area contributed by atoms with Crippen molar-refractivity contribution in [1.82, 2.24) is 0 Å². The third-order valence-corrected chi connectivity index (χ3v) is 10.8. The molecule has 0 aromatic heterocycles. The van der Waals surface area contributed by atoms with E-state index in [-0.39, 0.29) is 24.4 Å². The van der Waals surface area contributed by atoms with Crippen molar-refractivity contribution in [1.29, 1.82) is 0 Å². The number of fused-ring (bicyclic) bond motifs is 4. The zero-order valence-electron chi connectivity index (χ0n) is 13.9. The zero-order chi connectivity index (χ0) is 15.6. The summed E-state index contributed by atoms with van der Waals surface area (Å²) in [5.74, 6) is 6.15. The lowest BCUT2D eigenvalue weighted by molar-refractivity contribution is -0.147. The molecule has 8 fully saturated rings. The van der Waals surface area contributed by atoms with Crippen molar-refractivity contribution >= 4 is 0 Å². The molecule has 4 nitrogen and oxygen atoms in total. The molecule has 6 aliphatic carbocycles. The summed E-state index contributed by atoms with van der Waals surface area (Å²) >= 11 is 0. The largest absolute Gasteiger partial charge is 0.393 e. The molecule has 2 aliphatic heterocycles. The van der Waals surface area contributed by atoms with Gasteiger partial charge in [0, 0.05) is 0 Å². The minimum atomic E-state index is -0.233. The molecule has 2 saturated heterocycles. The summed E-state index contributed by atoms with van der Waals surface area (Å²) in [4.78, 5) is 0. The van der Waals surface area contributed by atoms with Gasteiger partial charge in [0.15, 0.2) is 0 Å². The molecule has 0 spiro atoms. The molecule has 0 amide bonds. The van der Waals surface area contributed by atoms with Crippen molar-refractivity contribution in [2.75, 3.05) is 13.2 Å². The maximum absolute atomic E-state index is 10.6. The van der Waals surface area contributed by atoms with E-state index < -0.39 is 0 Å². The molecule has 2 heterocycles. The number of rotatable bonds is 2. The van der Waals surface area contributed by atoms with Crippen molar-refractivity contribution in [3.8, 4) is 0 Å². The van der Waals surface area contributed by atoms with Crippen LogP contribution in [0.4, 0.5) is 0 Å². The highest BCUT2D eigenvalue weighted by molar-refractivity contribution is 5.36. The molecule has 0 bridgehead atoms. The van der Waals surface area contributed by atoms with Gasteiger partial charge in [-0.05, 0) is 84.9 Å². The second-order valence-electron chi connectivity index (χ2n) is 10.4. The van der Waals surface area contributed by atoms with E-state index in [0.717, 1.165) is 12.8 Å². The van der Waals surface area contributed by atoms with Crippen molar-refractivity contribution in [2.24, 2.45) is 59.2 Å². The molecule has 2 N–H and O–H groups in total. The zero-order valence-corrected chi connectivity index (χ0v) is 13.9. The van der Waals surface area contributed by atoms with Crippen LogP contribution in [0.3, 0.4) is 0 Å². The summed E-state index contributed by atoms with van der Waals surface area (Å²) < 4.78 is 13.6. The lowest BCUT2D eigenvalue weighted by Gasteiger charge is -2.38. The van der Waals surface area contributed by atoms with E-state index in [0.29, 0.717) is 71.4 Å². The average molecular weight is 330 g/mol. The molecule has 24 heavy (non-hydrogen) atoms. The fourth-order valence-corrected chi connectivity index (χ4v) is 11.1. The smallest absolute Gasteiger partial charge is 0.0983 e. The Balaban J connectivity index is 1.44. The van der Waals surface area contributed by atoms with E-state index >= 15 is 0 Å². The summed E-state index contributed by atoms with van der Waals surface area (Å²) in [6, 6.07) is 0. The predicted molar refractivity (Wildman–Crippen MR) is 82.7 cm³/mol. The van der Waals surface area contributed by atoms with Crippen LogP contribution in [0.15, 0.2) is 0 Å². The topological polar surface area (TPSA) is 58.9 Å². The van der Waals surface area contributed by atoms with E-state index in [4.69, 9.17) is 9.47 Å². The molecular weight excluding hydrogens is 304 g/mol. The van der Waals surface area contributed by atoms with Crippen LogP contribution in [0.5, 0.6) is 0 Å². The van der Waals surface area contributed by atoms with Crippen molar-refractivity contribution in [2.45, 2.75) is 49.1 Å². The highest BCUT2D eigenvalue weighted by Gasteiger charge is 2.89. The van der Waals surface area contributed by atoms with Crippen molar-refractivity contribution < 1.29 is 19.7 Å². The van der Waals surface area contributed by atoms with E-state index in [1.54, 1.807) is 0 Å². The highest BCUT2D eigenvalue weighted by Crippen LogP contribution is 2.86. The van der Waals surface area contributed by atoms with Crippen LogP contribution in [-0.4, -0.2) is 46.8 Å². The first-order valence-electron chi connectivity index (χ1n) is 10.3. The standard InChI is InChI=1S/C20H26O4/c21-5-19-15-7-1-3-9-11(7)17-13(15)14-16(20(17,6-22)23-9)8-2-4-10(24-19)12(8)18(14)19/h7-18,21-22H,1-6H2. The van der Waals surface area contributed by atoms with Crippen LogP contribution in [0, 0.1) is 59.2 Å². The van der Waals surface area contributed by atoms with Gasteiger partial charge in [0.2, 0.25) is 0 Å². The van der Waals surface area contributed by atoms with Crippen LogP contribution in [0.1, 0.15) is 25.7 Å². The Kier molecular flexibility index (Phi) is 1.90. The minimum Gasteiger partial charge on any atom is -0.393 e. The SMILES string of the molecule is OCC12OC3CCC4C3C1C1C3C2C2CCC5OC(CO)(C41)C3C52. The number of aliphatic hydroxyl groups is 2. The third kappa shape index (κ3) is 0.915. The Morgan fingerprint density at radius 1 is 0.625 bits per heavy atom. The van der Waals surface area contributed by atoms with Gasteiger partial charge in [-0.1, -0.05) is 0 Å². The van der Waals surface area contributed by atoms with E-state index in [1.807, 2.05) is 0 Å². The van der Waals surface area contributed by atoms with Gasteiger partial charge >= 0.3 is 0 Å². The molecule has 0 aromatic carbocycles. The Bertz CT molecular complexity index is 610. The van der Waals surface area contributed by atoms with Gasteiger partial charge in [-0.25, -0.2) is 0 Å². The van der Waals surface area contributed by atoms with Gasteiger partial charge in [0.25, 0.3) is 0 Å². The lowest BCUT2D eigenvalue weighted by Crippen LogP contribution is -2.48. The normalized spacial score (nSPS) is 77.2. The number of aliphatic hydroxyl groups excluding tert-OH is 2. The Hall–Kier alpha value is -0.160. The highest BCUT2D eigenvalue weighted by atomic mass is 16.5. The number of hydrogen-bond donors (Lipinski definition) is 2. The van der Waals surface area contributed by atoms with E-state index in [1.165, 1.54) is 12.8 Å². The maximum Gasteiger partial charge on any atom is 0.0983 e. The fourth-order valence-electron chi connectivity index (χ4n) is 11.1. The third-order valence-electron chi connectivity index (χ3n) is 10.8. The predicted octanol–water partition coefficient (Wildman–Crippen LogP) is 1.05. The first-order chi connectivity index (χ1) is 11.8. The van der Waals surface area contributed by atoms with E-state index in [2.05, 4.69) is 0 Å². The summed E-state index contributed by atoms with van der Waals surface area (Å²) in [6.07, 6.45) is 5.59. The van der Waals surface area contributed by atoms with Gasteiger partial charge in [-0.3, -0.25) is 0 Å². The summed E-state index contributed by atoms with van der Waals surface area (Å²) in [5.41, 5.74) is -0.465. The van der Waals surface area contributed by atoms with Crippen molar-refractivity contribution in [3.63, 3.8) is 0 Å². The summed E-state index contributed by atoms with van der Waals surface area (Å²) in [7, 11) is 0. The fraction of sp³-hybridized carbons (Fsp3) is 1.00. The van der Waals surface area contributed by atoms with E-state index in [9.17, 15) is 10.2 Å². The second-order valence-corrected chi connectivity index (χ2v) is 10.4. The quantitative estimate of drug-likeness (QED) is 0.795. The van der Waals surface area contributed by atoms with Crippen LogP contribution >= 0.6 is 0 Å².